The summed E-state index contributed by atoms with van der Waals surface area (Å²) in [5, 5.41) is 2.84. The molecule has 0 aromatic heterocycles. The van der Waals surface area contributed by atoms with Crippen molar-refractivity contribution in [2.45, 2.75) is 56.7 Å². The number of hydrogen-bond acceptors (Lipinski definition) is 4. The first-order valence-electron chi connectivity index (χ1n) is 6.90. The van der Waals surface area contributed by atoms with Crippen LogP contribution in [0.15, 0.2) is 0 Å². The van der Waals surface area contributed by atoms with E-state index in [0.29, 0.717) is 12.5 Å². The number of hydrogen-bond donors (Lipinski definition) is 2. The number of nitrogens with two attached hydrogens (primary N) is 1. The van der Waals surface area contributed by atoms with Gasteiger partial charge in [0.15, 0.2) is 9.84 Å². The molecule has 0 aliphatic heterocycles. The van der Waals surface area contributed by atoms with Crippen LogP contribution in [0.25, 0.3) is 0 Å². The lowest BCUT2D eigenvalue weighted by Gasteiger charge is -2.32. The smallest absolute Gasteiger partial charge is 0.241 e. The van der Waals surface area contributed by atoms with Gasteiger partial charge in [0.25, 0.3) is 0 Å². The lowest BCUT2D eigenvalue weighted by atomic mass is 9.83. The first kappa shape index (κ1) is 16.4. The second-order valence-corrected chi connectivity index (χ2v) is 8.56. The molecule has 1 rings (SSSR count). The fraction of sp³-hybridized carbons (Fsp3) is 0.923. The van der Waals surface area contributed by atoms with Gasteiger partial charge in [0, 0.05) is 18.8 Å². The van der Waals surface area contributed by atoms with Gasteiger partial charge in [0.1, 0.15) is 4.75 Å². The summed E-state index contributed by atoms with van der Waals surface area (Å²) in [5.74, 6) is -0.0749. The Balaban J connectivity index is 2.73. The molecule has 1 unspecified atom stereocenters. The molecule has 1 atom stereocenters. The van der Waals surface area contributed by atoms with E-state index in [-0.39, 0.29) is 6.04 Å². The van der Waals surface area contributed by atoms with E-state index < -0.39 is 20.5 Å². The third-order valence-electron chi connectivity index (χ3n) is 4.26. The van der Waals surface area contributed by atoms with E-state index in [1.54, 1.807) is 0 Å². The van der Waals surface area contributed by atoms with Gasteiger partial charge in [-0.3, -0.25) is 4.79 Å². The molecule has 112 valence electrons. The van der Waals surface area contributed by atoms with Crippen molar-refractivity contribution in [1.82, 2.24) is 5.32 Å². The molecule has 1 aliphatic rings. The van der Waals surface area contributed by atoms with Crippen LogP contribution in [0, 0.1) is 5.92 Å². The average Bonchev–Trinajstić information content (AvgIpc) is 2.35. The maximum atomic E-state index is 12.2. The molecule has 1 amide bonds. The first-order chi connectivity index (χ1) is 8.70. The minimum absolute atomic E-state index is 0.117. The lowest BCUT2D eigenvalue weighted by Crippen LogP contribution is -2.54. The topological polar surface area (TPSA) is 89.3 Å². The van der Waals surface area contributed by atoms with Crippen molar-refractivity contribution in [1.29, 1.82) is 0 Å². The van der Waals surface area contributed by atoms with Gasteiger partial charge in [-0.1, -0.05) is 19.3 Å². The summed E-state index contributed by atoms with van der Waals surface area (Å²) < 4.78 is 21.9. The number of amides is 1. The van der Waals surface area contributed by atoms with Crippen LogP contribution in [-0.4, -0.2) is 37.9 Å². The van der Waals surface area contributed by atoms with Gasteiger partial charge in [0.2, 0.25) is 5.91 Å². The minimum Gasteiger partial charge on any atom is -0.350 e. The highest BCUT2D eigenvalue weighted by molar-refractivity contribution is 7.92. The second-order valence-electron chi connectivity index (χ2n) is 6.00. The fourth-order valence-corrected chi connectivity index (χ4v) is 2.81. The zero-order valence-corrected chi connectivity index (χ0v) is 12.9. The molecule has 1 aliphatic carbocycles. The van der Waals surface area contributed by atoms with Crippen LogP contribution < -0.4 is 11.1 Å². The number of sulfone groups is 1. The van der Waals surface area contributed by atoms with Crippen molar-refractivity contribution in [3.05, 3.63) is 0 Å². The summed E-state index contributed by atoms with van der Waals surface area (Å²) in [5.41, 5.74) is 5.74. The summed E-state index contributed by atoms with van der Waals surface area (Å²) >= 11 is 0. The zero-order chi connectivity index (χ0) is 14.7. The Kier molecular flexibility index (Phi) is 5.38. The average molecular weight is 290 g/mol. The standard InChI is InChI=1S/C13H26N2O3S/c1-13(2,19(3,17)18)12(16)15-11(9-14)10-7-5-4-6-8-10/h10-11H,4-9,14H2,1-3H3,(H,15,16). The van der Waals surface area contributed by atoms with Gasteiger partial charge in [0.05, 0.1) is 0 Å². The predicted octanol–water partition coefficient (Wildman–Crippen LogP) is 0.833. The Bertz CT molecular complexity index is 412. The molecular formula is C13H26N2O3S. The quantitative estimate of drug-likeness (QED) is 0.785. The van der Waals surface area contributed by atoms with E-state index in [9.17, 15) is 13.2 Å². The predicted molar refractivity (Wildman–Crippen MR) is 76.5 cm³/mol. The van der Waals surface area contributed by atoms with Gasteiger partial charge < -0.3 is 11.1 Å². The Morgan fingerprint density at radius 2 is 1.84 bits per heavy atom. The molecule has 0 aromatic carbocycles. The zero-order valence-electron chi connectivity index (χ0n) is 12.1. The molecule has 1 fully saturated rings. The Labute approximate surface area is 116 Å². The van der Waals surface area contributed by atoms with E-state index in [4.69, 9.17) is 5.73 Å². The highest BCUT2D eigenvalue weighted by Crippen LogP contribution is 2.27. The van der Waals surface area contributed by atoms with Crippen LogP contribution in [0.1, 0.15) is 46.0 Å². The number of carbonyl (C=O) groups is 1. The van der Waals surface area contributed by atoms with Crippen LogP contribution >= 0.6 is 0 Å². The molecule has 19 heavy (non-hydrogen) atoms. The molecular weight excluding hydrogens is 264 g/mol. The lowest BCUT2D eigenvalue weighted by molar-refractivity contribution is -0.124. The largest absolute Gasteiger partial charge is 0.350 e. The van der Waals surface area contributed by atoms with E-state index in [0.717, 1.165) is 31.9 Å². The van der Waals surface area contributed by atoms with Gasteiger partial charge in [-0.05, 0) is 32.6 Å². The van der Waals surface area contributed by atoms with E-state index in [1.165, 1.54) is 20.3 Å². The van der Waals surface area contributed by atoms with Crippen LogP contribution in [0.2, 0.25) is 0 Å². The maximum absolute atomic E-state index is 12.2. The summed E-state index contributed by atoms with van der Waals surface area (Å²) in [4.78, 5) is 12.2. The van der Waals surface area contributed by atoms with Gasteiger partial charge >= 0.3 is 0 Å². The molecule has 3 N–H and O–H groups in total. The van der Waals surface area contributed by atoms with E-state index >= 15 is 0 Å². The SMILES string of the molecule is CC(C)(C(=O)NC(CN)C1CCCCC1)S(C)(=O)=O. The molecule has 0 heterocycles. The molecule has 0 radical (unpaired) electrons. The monoisotopic (exact) mass is 290 g/mol. The Hall–Kier alpha value is -0.620. The molecule has 0 saturated heterocycles. The maximum Gasteiger partial charge on any atom is 0.241 e. The molecule has 5 nitrogen and oxygen atoms in total. The molecule has 6 heteroatoms. The third-order valence-corrected chi connectivity index (χ3v) is 6.30. The highest BCUT2D eigenvalue weighted by atomic mass is 32.2. The number of carbonyl (C=O) groups excluding carboxylic acids is 1. The number of rotatable bonds is 5. The Morgan fingerprint density at radius 3 is 2.26 bits per heavy atom. The van der Waals surface area contributed by atoms with Crippen LogP contribution in [0.4, 0.5) is 0 Å². The Morgan fingerprint density at radius 1 is 1.32 bits per heavy atom. The summed E-state index contributed by atoms with van der Waals surface area (Å²) in [7, 11) is -3.44. The van der Waals surface area contributed by atoms with Gasteiger partial charge in [-0.2, -0.15) is 0 Å². The van der Waals surface area contributed by atoms with Crippen molar-refractivity contribution in [2.24, 2.45) is 11.7 Å². The molecule has 1 saturated carbocycles. The summed E-state index contributed by atoms with van der Waals surface area (Å²) in [6, 6.07) is -0.117. The van der Waals surface area contributed by atoms with Crippen LogP contribution in [0.3, 0.4) is 0 Å². The highest BCUT2D eigenvalue weighted by Gasteiger charge is 2.40. The van der Waals surface area contributed by atoms with Crippen LogP contribution in [-0.2, 0) is 14.6 Å². The third kappa shape index (κ3) is 3.92. The minimum atomic E-state index is -3.44. The summed E-state index contributed by atoms with van der Waals surface area (Å²) in [6.45, 7) is 3.23. The van der Waals surface area contributed by atoms with Crippen molar-refractivity contribution >= 4 is 15.7 Å². The summed E-state index contributed by atoms with van der Waals surface area (Å²) in [6.07, 6.45) is 6.75. The molecule has 0 spiro atoms. The molecule has 0 aromatic rings. The fourth-order valence-electron chi connectivity index (χ4n) is 2.42. The normalized spacial score (nSPS) is 20.0. The van der Waals surface area contributed by atoms with Crippen molar-refractivity contribution in [3.8, 4) is 0 Å². The molecule has 0 bridgehead atoms. The van der Waals surface area contributed by atoms with E-state index in [1.807, 2.05) is 0 Å². The van der Waals surface area contributed by atoms with E-state index in [2.05, 4.69) is 5.32 Å². The van der Waals surface area contributed by atoms with Crippen molar-refractivity contribution < 1.29 is 13.2 Å². The van der Waals surface area contributed by atoms with Crippen LogP contribution in [0.5, 0.6) is 0 Å². The van der Waals surface area contributed by atoms with Gasteiger partial charge in [-0.25, -0.2) is 8.42 Å². The van der Waals surface area contributed by atoms with Gasteiger partial charge in [-0.15, -0.1) is 0 Å². The number of nitrogens with one attached hydrogen (secondary N) is 1. The van der Waals surface area contributed by atoms with Crippen molar-refractivity contribution in [2.75, 3.05) is 12.8 Å². The first-order valence-corrected chi connectivity index (χ1v) is 8.80. The second kappa shape index (κ2) is 6.22. The van der Waals surface area contributed by atoms with Crippen molar-refractivity contribution in [3.63, 3.8) is 0 Å².